The zero-order valence-corrected chi connectivity index (χ0v) is 23.6. The van der Waals surface area contributed by atoms with Gasteiger partial charge in [-0.2, -0.15) is 0 Å². The van der Waals surface area contributed by atoms with E-state index >= 15 is 0 Å². The third kappa shape index (κ3) is 6.93. The molecule has 8 heteroatoms. The molecule has 0 amide bonds. The summed E-state index contributed by atoms with van der Waals surface area (Å²) in [5.74, 6) is -0.433. The van der Waals surface area contributed by atoms with Crippen molar-refractivity contribution in [2.24, 2.45) is 4.99 Å². The number of unbranched alkanes of at least 4 members (excludes halogenated alkanes) is 2. The van der Waals surface area contributed by atoms with Crippen LogP contribution in [-0.2, 0) is 22.4 Å². The van der Waals surface area contributed by atoms with E-state index in [2.05, 4.69) is 5.16 Å². The Morgan fingerprint density at radius 3 is 2.12 bits per heavy atom. The monoisotopic (exact) mass is 568 g/mol. The molecule has 0 radical (unpaired) electrons. The summed E-state index contributed by atoms with van der Waals surface area (Å²) in [6.45, 7) is 0.453. The molecule has 5 rings (SSSR count). The summed E-state index contributed by atoms with van der Waals surface area (Å²) in [6, 6.07) is 19.7. The second kappa shape index (κ2) is 13.6. The number of aliphatic imine (C=N–C) groups is 1. The standard InChI is InChI=1S/C34H36N2O6/c37-28(16-15-26-34-30(39)20-25(21-31(34)42-36-26)23-12-6-2-7-13-23)33-27(35-17-9-3-8-14-32(40)41)18-24(19-29(33)38)22-10-4-1-5-11-22/h1-2,4-7,10-13,24-25,37H,3,8-9,14-21H2,(H,40,41)/b33-28-,35-27?. The van der Waals surface area contributed by atoms with Gasteiger partial charge >= 0.3 is 5.97 Å². The lowest BCUT2D eigenvalue weighted by molar-refractivity contribution is -0.137. The summed E-state index contributed by atoms with van der Waals surface area (Å²) in [5, 5.41) is 24.3. The van der Waals surface area contributed by atoms with Crippen molar-refractivity contribution in [2.45, 2.75) is 76.0 Å². The fraction of sp³-hybridized carbons (Fsp3) is 0.382. The molecule has 3 aromatic rings. The highest BCUT2D eigenvalue weighted by atomic mass is 16.5. The van der Waals surface area contributed by atoms with Crippen LogP contribution < -0.4 is 0 Å². The van der Waals surface area contributed by atoms with Gasteiger partial charge in [-0.15, -0.1) is 0 Å². The van der Waals surface area contributed by atoms with E-state index in [0.29, 0.717) is 61.4 Å². The Balaban J connectivity index is 1.31. The summed E-state index contributed by atoms with van der Waals surface area (Å²) >= 11 is 0. The minimum atomic E-state index is -0.814. The Hall–Kier alpha value is -4.33. The second-order valence-electron chi connectivity index (χ2n) is 11.2. The number of aliphatic hydroxyl groups is 1. The molecule has 2 N–H and O–H groups in total. The van der Waals surface area contributed by atoms with Crippen molar-refractivity contribution in [2.75, 3.05) is 6.54 Å². The van der Waals surface area contributed by atoms with Gasteiger partial charge in [-0.25, -0.2) is 0 Å². The van der Waals surface area contributed by atoms with Crippen molar-refractivity contribution in [3.63, 3.8) is 0 Å². The highest BCUT2D eigenvalue weighted by Crippen LogP contribution is 2.36. The molecule has 42 heavy (non-hydrogen) atoms. The van der Waals surface area contributed by atoms with Crippen molar-refractivity contribution in [1.29, 1.82) is 0 Å². The number of fused-ring (bicyclic) bond motifs is 1. The van der Waals surface area contributed by atoms with Gasteiger partial charge in [-0.3, -0.25) is 19.4 Å². The SMILES string of the molecule is O=C(O)CCCCCN=C1CC(c2ccccc2)CC(=O)/C1=C(\O)CCc1noc2c1C(=O)CC(c1ccccc1)C2. The average molecular weight is 569 g/mol. The largest absolute Gasteiger partial charge is 0.511 e. The molecule has 2 aromatic carbocycles. The summed E-state index contributed by atoms with van der Waals surface area (Å²) in [5.41, 5.74) is 4.01. The Morgan fingerprint density at radius 1 is 0.810 bits per heavy atom. The molecule has 2 aliphatic carbocycles. The van der Waals surface area contributed by atoms with E-state index in [9.17, 15) is 19.5 Å². The number of hydrogen-bond acceptors (Lipinski definition) is 7. The predicted molar refractivity (Wildman–Crippen MR) is 158 cm³/mol. The molecule has 0 bridgehead atoms. The van der Waals surface area contributed by atoms with E-state index in [1.807, 2.05) is 60.7 Å². The molecule has 8 nitrogen and oxygen atoms in total. The molecule has 1 saturated carbocycles. The van der Waals surface area contributed by atoms with Gasteiger partial charge in [0.2, 0.25) is 0 Å². The van der Waals surface area contributed by atoms with Crippen molar-refractivity contribution in [3.8, 4) is 0 Å². The number of carbonyl (C=O) groups excluding carboxylic acids is 2. The molecule has 2 unspecified atom stereocenters. The summed E-state index contributed by atoms with van der Waals surface area (Å²) < 4.78 is 5.60. The first-order chi connectivity index (χ1) is 20.4. The smallest absolute Gasteiger partial charge is 0.303 e. The van der Waals surface area contributed by atoms with E-state index in [1.54, 1.807) is 0 Å². The lowest BCUT2D eigenvalue weighted by Crippen LogP contribution is -2.27. The maximum atomic E-state index is 13.4. The van der Waals surface area contributed by atoms with Gasteiger partial charge < -0.3 is 14.7 Å². The molecular formula is C34H36N2O6. The number of rotatable bonds is 11. The van der Waals surface area contributed by atoms with Gasteiger partial charge in [-0.1, -0.05) is 72.2 Å². The lowest BCUT2D eigenvalue weighted by Gasteiger charge is -2.26. The molecule has 1 heterocycles. The number of carboxylic acid groups (broad SMARTS) is 1. The number of carboxylic acids is 1. The van der Waals surface area contributed by atoms with Crippen LogP contribution in [0.3, 0.4) is 0 Å². The Bertz CT molecular complexity index is 1490. The van der Waals surface area contributed by atoms with Crippen LogP contribution >= 0.6 is 0 Å². The first-order valence-corrected chi connectivity index (χ1v) is 14.7. The van der Waals surface area contributed by atoms with E-state index in [4.69, 9.17) is 14.6 Å². The lowest BCUT2D eigenvalue weighted by atomic mass is 9.78. The van der Waals surface area contributed by atoms with Crippen LogP contribution in [0.1, 0.15) is 96.1 Å². The maximum Gasteiger partial charge on any atom is 0.303 e. The number of ketones is 2. The zero-order chi connectivity index (χ0) is 29.5. The Morgan fingerprint density at radius 2 is 1.45 bits per heavy atom. The zero-order valence-electron chi connectivity index (χ0n) is 23.6. The maximum absolute atomic E-state index is 13.4. The molecule has 1 aromatic heterocycles. The fourth-order valence-corrected chi connectivity index (χ4v) is 6.04. The van der Waals surface area contributed by atoms with E-state index in [-0.39, 0.29) is 60.4 Å². The number of hydrogen-bond donors (Lipinski definition) is 2. The number of carbonyl (C=O) groups is 3. The van der Waals surface area contributed by atoms with Crippen LogP contribution in [0, 0.1) is 0 Å². The number of nitrogens with zero attached hydrogens (tertiary/aromatic N) is 2. The van der Waals surface area contributed by atoms with Crippen LogP contribution in [0.2, 0.25) is 0 Å². The molecule has 218 valence electrons. The van der Waals surface area contributed by atoms with Gasteiger partial charge in [0, 0.05) is 50.8 Å². The Labute approximate surface area is 245 Å². The molecule has 1 fully saturated rings. The molecule has 0 aliphatic heterocycles. The molecule has 2 atom stereocenters. The number of Topliss-reactive ketones (excluding diaryl/α,β-unsaturated/α-hetero) is 2. The minimum absolute atomic E-state index is 0.0157. The third-order valence-electron chi connectivity index (χ3n) is 8.20. The first-order valence-electron chi connectivity index (χ1n) is 14.7. The summed E-state index contributed by atoms with van der Waals surface area (Å²) in [4.78, 5) is 42.1. The van der Waals surface area contributed by atoms with E-state index in [0.717, 1.165) is 17.5 Å². The number of aromatic nitrogens is 1. The van der Waals surface area contributed by atoms with Crippen LogP contribution in [0.4, 0.5) is 0 Å². The highest BCUT2D eigenvalue weighted by molar-refractivity contribution is 6.24. The molecule has 2 aliphatic rings. The predicted octanol–water partition coefficient (Wildman–Crippen LogP) is 6.56. The van der Waals surface area contributed by atoms with E-state index in [1.165, 1.54) is 0 Å². The van der Waals surface area contributed by atoms with Crippen molar-refractivity contribution < 1.29 is 29.1 Å². The van der Waals surface area contributed by atoms with Gasteiger partial charge in [0.15, 0.2) is 11.6 Å². The van der Waals surface area contributed by atoms with Gasteiger partial charge in [0.25, 0.3) is 0 Å². The van der Waals surface area contributed by atoms with Gasteiger partial charge in [0.05, 0.1) is 16.8 Å². The second-order valence-corrected chi connectivity index (χ2v) is 11.2. The van der Waals surface area contributed by atoms with E-state index < -0.39 is 5.97 Å². The fourth-order valence-electron chi connectivity index (χ4n) is 6.04. The molecular weight excluding hydrogens is 532 g/mol. The number of aryl methyl sites for hydroxylation is 1. The van der Waals surface area contributed by atoms with Gasteiger partial charge in [0.1, 0.15) is 11.5 Å². The van der Waals surface area contributed by atoms with Crippen LogP contribution in [0.15, 0.2) is 81.5 Å². The van der Waals surface area contributed by atoms with Crippen LogP contribution in [0.25, 0.3) is 0 Å². The normalized spacial score (nSPS) is 20.9. The first kappa shape index (κ1) is 29.2. The Kier molecular flexibility index (Phi) is 9.41. The quantitative estimate of drug-likeness (QED) is 0.152. The highest BCUT2D eigenvalue weighted by Gasteiger charge is 2.34. The molecule has 0 saturated heterocycles. The van der Waals surface area contributed by atoms with Crippen LogP contribution in [-0.4, -0.2) is 45.2 Å². The number of allylic oxidation sites excluding steroid dienone is 2. The minimum Gasteiger partial charge on any atom is -0.511 e. The van der Waals surface area contributed by atoms with Crippen molar-refractivity contribution in [3.05, 3.63) is 100 Å². The topological polar surface area (TPSA) is 130 Å². The molecule has 0 spiro atoms. The van der Waals surface area contributed by atoms with Crippen molar-refractivity contribution in [1.82, 2.24) is 5.16 Å². The van der Waals surface area contributed by atoms with Crippen molar-refractivity contribution >= 4 is 23.2 Å². The summed E-state index contributed by atoms with van der Waals surface area (Å²) in [6.07, 6.45) is 4.31. The number of aliphatic hydroxyl groups excluding tert-OH is 1. The van der Waals surface area contributed by atoms with Crippen LogP contribution in [0.5, 0.6) is 0 Å². The number of benzene rings is 2. The number of aliphatic carboxylic acids is 1. The summed E-state index contributed by atoms with van der Waals surface area (Å²) in [7, 11) is 0. The third-order valence-corrected chi connectivity index (χ3v) is 8.20. The van der Waals surface area contributed by atoms with Gasteiger partial charge in [-0.05, 0) is 42.2 Å². The average Bonchev–Trinajstić information content (AvgIpc) is 3.42.